The maximum Gasteiger partial charge on any atom is 0.239 e. The summed E-state index contributed by atoms with van der Waals surface area (Å²) in [4.78, 5) is 16.0. The third kappa shape index (κ3) is 3.77. The zero-order valence-electron chi connectivity index (χ0n) is 17.1. The molecule has 0 spiro atoms. The van der Waals surface area contributed by atoms with Crippen molar-refractivity contribution < 1.29 is 9.53 Å². The lowest BCUT2D eigenvalue weighted by Gasteiger charge is -2.29. The first-order chi connectivity index (χ1) is 14.2. The molecule has 0 aromatic heterocycles. The van der Waals surface area contributed by atoms with Crippen LogP contribution in [0.5, 0.6) is 5.75 Å². The number of methoxy groups -OCH3 is 1. The predicted molar refractivity (Wildman–Crippen MR) is 118 cm³/mol. The zero-order valence-corrected chi connectivity index (χ0v) is 17.1. The molecule has 1 heterocycles. The summed E-state index contributed by atoms with van der Waals surface area (Å²) in [5.74, 6) is 0.755. The van der Waals surface area contributed by atoms with E-state index in [1.54, 1.807) is 7.11 Å². The summed E-state index contributed by atoms with van der Waals surface area (Å²) >= 11 is 0. The van der Waals surface area contributed by atoms with Crippen LogP contribution in [0.2, 0.25) is 0 Å². The van der Waals surface area contributed by atoms with Gasteiger partial charge in [0.15, 0.2) is 0 Å². The Balaban J connectivity index is 1.81. The first-order valence-corrected chi connectivity index (χ1v) is 10.4. The van der Waals surface area contributed by atoms with Gasteiger partial charge in [-0.05, 0) is 60.2 Å². The van der Waals surface area contributed by atoms with Gasteiger partial charge in [0, 0.05) is 0 Å². The van der Waals surface area contributed by atoms with Gasteiger partial charge in [0.2, 0.25) is 5.91 Å². The van der Waals surface area contributed by atoms with E-state index in [2.05, 4.69) is 43.3 Å². The number of hydrogen-bond donors (Lipinski definition) is 0. The molecule has 0 N–H and O–H groups in total. The summed E-state index contributed by atoms with van der Waals surface area (Å²) in [5, 5.41) is 0. The molecule has 0 bridgehead atoms. The van der Waals surface area contributed by atoms with Crippen molar-refractivity contribution in [2.24, 2.45) is 0 Å². The van der Waals surface area contributed by atoms with Gasteiger partial charge in [-0.25, -0.2) is 0 Å². The highest BCUT2D eigenvalue weighted by molar-refractivity contribution is 6.05. The van der Waals surface area contributed by atoms with E-state index in [0.717, 1.165) is 48.4 Å². The van der Waals surface area contributed by atoms with Gasteiger partial charge in [0.05, 0.1) is 24.4 Å². The van der Waals surface area contributed by atoms with Crippen LogP contribution in [0, 0.1) is 0 Å². The molecule has 29 heavy (non-hydrogen) atoms. The standard InChI is InChI=1S/C26H27NO2/c1-3-8-23(19-15-17-22(29-2)18-16-19)26(28)27-24-11-6-4-9-20(24)13-14-21-10-5-7-12-25(21)27/h4-7,9-12,15-18,23H,3,8,13-14H2,1-2H3. The average molecular weight is 386 g/mol. The van der Waals surface area contributed by atoms with E-state index in [0.29, 0.717) is 0 Å². The summed E-state index contributed by atoms with van der Waals surface area (Å²) in [6.07, 6.45) is 3.64. The van der Waals surface area contributed by atoms with Gasteiger partial charge in [-0.2, -0.15) is 0 Å². The maximum absolute atomic E-state index is 14.0. The fourth-order valence-electron chi connectivity index (χ4n) is 4.23. The van der Waals surface area contributed by atoms with Crippen molar-refractivity contribution in [1.82, 2.24) is 0 Å². The first-order valence-electron chi connectivity index (χ1n) is 10.4. The Hall–Kier alpha value is -3.07. The number of anilines is 2. The van der Waals surface area contributed by atoms with Gasteiger partial charge in [-0.15, -0.1) is 0 Å². The third-order valence-electron chi connectivity index (χ3n) is 5.74. The minimum absolute atomic E-state index is 0.138. The predicted octanol–water partition coefficient (Wildman–Crippen LogP) is 6.04. The molecule has 0 fully saturated rings. The Morgan fingerprint density at radius 2 is 1.45 bits per heavy atom. The van der Waals surface area contributed by atoms with Crippen molar-refractivity contribution in [2.75, 3.05) is 12.0 Å². The fraction of sp³-hybridized carbons (Fsp3) is 0.269. The molecule has 1 amide bonds. The number of benzene rings is 3. The lowest BCUT2D eigenvalue weighted by molar-refractivity contribution is -0.119. The Morgan fingerprint density at radius 1 is 0.897 bits per heavy atom. The molecule has 1 aliphatic rings. The Kier molecular flexibility index (Phi) is 5.66. The van der Waals surface area contributed by atoms with Crippen LogP contribution < -0.4 is 9.64 Å². The Morgan fingerprint density at radius 3 is 1.97 bits per heavy atom. The van der Waals surface area contributed by atoms with Crippen LogP contribution in [0.1, 0.15) is 42.4 Å². The van der Waals surface area contributed by atoms with Crippen LogP contribution >= 0.6 is 0 Å². The van der Waals surface area contributed by atoms with Gasteiger partial charge in [0.1, 0.15) is 5.75 Å². The van der Waals surface area contributed by atoms with E-state index >= 15 is 0 Å². The number of ether oxygens (including phenoxy) is 1. The smallest absolute Gasteiger partial charge is 0.239 e. The molecule has 3 heteroatoms. The molecule has 0 radical (unpaired) electrons. The van der Waals surface area contributed by atoms with Gasteiger partial charge in [-0.1, -0.05) is 61.9 Å². The first kappa shape index (κ1) is 19.3. The third-order valence-corrected chi connectivity index (χ3v) is 5.74. The molecule has 0 saturated heterocycles. The molecular weight excluding hydrogens is 358 g/mol. The van der Waals surface area contributed by atoms with E-state index in [4.69, 9.17) is 4.74 Å². The number of nitrogens with zero attached hydrogens (tertiary/aromatic N) is 1. The second-order valence-corrected chi connectivity index (χ2v) is 7.55. The molecule has 0 saturated carbocycles. The van der Waals surface area contributed by atoms with Gasteiger partial charge < -0.3 is 4.74 Å². The largest absolute Gasteiger partial charge is 0.497 e. The molecule has 1 aliphatic heterocycles. The molecule has 3 aromatic rings. The number of fused-ring (bicyclic) bond motifs is 2. The molecule has 1 atom stereocenters. The highest BCUT2D eigenvalue weighted by Crippen LogP contribution is 2.39. The van der Waals surface area contributed by atoms with Crippen molar-refractivity contribution in [3.05, 3.63) is 89.5 Å². The summed E-state index contributed by atoms with van der Waals surface area (Å²) in [5.41, 5.74) is 5.51. The van der Waals surface area contributed by atoms with Crippen molar-refractivity contribution >= 4 is 17.3 Å². The van der Waals surface area contributed by atoms with E-state index in [9.17, 15) is 4.79 Å². The molecule has 148 valence electrons. The van der Waals surface area contributed by atoms with Gasteiger partial charge in [-0.3, -0.25) is 9.69 Å². The molecular formula is C26H27NO2. The molecule has 0 aliphatic carbocycles. The minimum Gasteiger partial charge on any atom is -0.497 e. The number of aryl methyl sites for hydroxylation is 2. The summed E-state index contributed by atoms with van der Waals surface area (Å²) < 4.78 is 5.30. The lowest BCUT2D eigenvalue weighted by atomic mass is 9.92. The van der Waals surface area contributed by atoms with E-state index in [-0.39, 0.29) is 11.8 Å². The molecule has 4 rings (SSSR count). The van der Waals surface area contributed by atoms with Crippen LogP contribution in [0.15, 0.2) is 72.8 Å². The van der Waals surface area contributed by atoms with E-state index < -0.39 is 0 Å². The topological polar surface area (TPSA) is 29.5 Å². The fourth-order valence-corrected chi connectivity index (χ4v) is 4.23. The average Bonchev–Trinajstić information content (AvgIpc) is 2.94. The molecule has 3 aromatic carbocycles. The molecule has 1 unspecified atom stereocenters. The molecule has 3 nitrogen and oxygen atoms in total. The normalized spacial score (nSPS) is 13.8. The SMILES string of the molecule is CCCC(C(=O)N1c2ccccc2CCc2ccccc21)c1ccc(OC)cc1. The lowest BCUT2D eigenvalue weighted by Crippen LogP contribution is -2.32. The van der Waals surface area contributed by atoms with Crippen LogP contribution in [0.3, 0.4) is 0 Å². The zero-order chi connectivity index (χ0) is 20.2. The van der Waals surface area contributed by atoms with E-state index in [1.807, 2.05) is 41.3 Å². The number of amides is 1. The Bertz CT molecular complexity index is 946. The second kappa shape index (κ2) is 8.52. The highest BCUT2D eigenvalue weighted by Gasteiger charge is 2.31. The summed E-state index contributed by atoms with van der Waals surface area (Å²) in [7, 11) is 1.66. The Labute approximate surface area is 172 Å². The monoisotopic (exact) mass is 385 g/mol. The number of para-hydroxylation sites is 2. The summed E-state index contributed by atoms with van der Waals surface area (Å²) in [6, 6.07) is 24.5. The van der Waals surface area contributed by atoms with Crippen molar-refractivity contribution in [3.63, 3.8) is 0 Å². The van der Waals surface area contributed by atoms with Crippen molar-refractivity contribution in [2.45, 2.75) is 38.5 Å². The van der Waals surface area contributed by atoms with Crippen LogP contribution in [-0.4, -0.2) is 13.0 Å². The number of hydrogen-bond acceptors (Lipinski definition) is 2. The van der Waals surface area contributed by atoms with Gasteiger partial charge >= 0.3 is 0 Å². The number of rotatable bonds is 5. The number of carbonyl (C=O) groups is 1. The van der Waals surface area contributed by atoms with E-state index in [1.165, 1.54) is 11.1 Å². The van der Waals surface area contributed by atoms with Crippen molar-refractivity contribution in [3.8, 4) is 5.75 Å². The highest BCUT2D eigenvalue weighted by atomic mass is 16.5. The second-order valence-electron chi connectivity index (χ2n) is 7.55. The van der Waals surface area contributed by atoms with Gasteiger partial charge in [0.25, 0.3) is 0 Å². The van der Waals surface area contributed by atoms with Crippen LogP contribution in [-0.2, 0) is 17.6 Å². The quantitative estimate of drug-likeness (QED) is 0.536. The van der Waals surface area contributed by atoms with Crippen LogP contribution in [0.4, 0.5) is 11.4 Å². The van der Waals surface area contributed by atoms with Crippen LogP contribution in [0.25, 0.3) is 0 Å². The minimum atomic E-state index is -0.190. The van der Waals surface area contributed by atoms with Crippen molar-refractivity contribution in [1.29, 1.82) is 0 Å². The summed E-state index contributed by atoms with van der Waals surface area (Å²) in [6.45, 7) is 2.13. The number of carbonyl (C=O) groups excluding carboxylic acids is 1. The maximum atomic E-state index is 14.0.